The first-order chi connectivity index (χ1) is 13.5. The molecule has 1 heterocycles. The number of piperazine rings is 1. The molecule has 2 aromatic rings. The van der Waals surface area contributed by atoms with Gasteiger partial charge in [0.1, 0.15) is 11.9 Å². The van der Waals surface area contributed by atoms with Crippen LogP contribution in [0.25, 0.3) is 0 Å². The van der Waals surface area contributed by atoms with E-state index >= 15 is 0 Å². The van der Waals surface area contributed by atoms with Crippen LogP contribution in [-0.4, -0.2) is 49.1 Å². The van der Waals surface area contributed by atoms with Crippen molar-refractivity contribution in [3.05, 3.63) is 59.2 Å². The number of hydrogen-bond acceptors (Lipinski definition) is 4. The molecule has 2 aromatic carbocycles. The van der Waals surface area contributed by atoms with E-state index in [2.05, 4.69) is 10.2 Å². The monoisotopic (exact) mass is 386 g/mol. The van der Waals surface area contributed by atoms with Crippen LogP contribution in [0.5, 0.6) is 5.75 Å². The molecule has 0 unspecified atom stereocenters. The van der Waals surface area contributed by atoms with Gasteiger partial charge in [-0.15, -0.1) is 0 Å². The van der Waals surface area contributed by atoms with Gasteiger partial charge in [0, 0.05) is 32.7 Å². The maximum atomic E-state index is 13.8. The highest BCUT2D eigenvalue weighted by molar-refractivity contribution is 5.90. The van der Waals surface area contributed by atoms with E-state index in [0.717, 1.165) is 11.6 Å². The lowest BCUT2D eigenvalue weighted by molar-refractivity contribution is 0.143. The molecule has 1 fully saturated rings. The molecule has 3 rings (SSSR count). The number of carbonyl (C=O) groups excluding carboxylic acids is 1. The Bertz CT molecular complexity index is 906. The second-order valence-corrected chi connectivity index (χ2v) is 6.46. The highest BCUT2D eigenvalue weighted by Crippen LogP contribution is 2.20. The minimum absolute atomic E-state index is 0.0773. The average Bonchev–Trinajstić information content (AvgIpc) is 2.70. The lowest BCUT2D eigenvalue weighted by atomic mass is 10.1. The van der Waals surface area contributed by atoms with Crippen LogP contribution in [-0.2, 0) is 6.54 Å². The summed E-state index contributed by atoms with van der Waals surface area (Å²) in [6.45, 7) is 2.83. The van der Waals surface area contributed by atoms with Gasteiger partial charge in [-0.1, -0.05) is 6.07 Å². The quantitative estimate of drug-likeness (QED) is 0.876. The predicted molar refractivity (Wildman–Crippen MR) is 99.9 cm³/mol. The highest BCUT2D eigenvalue weighted by Gasteiger charge is 2.22. The van der Waals surface area contributed by atoms with Gasteiger partial charge in [-0.25, -0.2) is 13.6 Å². The van der Waals surface area contributed by atoms with Crippen molar-refractivity contribution < 1.29 is 18.3 Å². The Labute approximate surface area is 161 Å². The first-order valence-electron chi connectivity index (χ1n) is 8.80. The second-order valence-electron chi connectivity index (χ2n) is 6.46. The SMILES string of the molecule is COc1ccc(CN2CCN(C(=O)Nc3ccc(F)cc3C#N)CC2)cc1F. The van der Waals surface area contributed by atoms with Crippen molar-refractivity contribution >= 4 is 11.7 Å². The number of nitrogens with zero attached hydrogens (tertiary/aromatic N) is 3. The Morgan fingerprint density at radius 1 is 1.18 bits per heavy atom. The maximum absolute atomic E-state index is 13.8. The molecule has 0 saturated carbocycles. The van der Waals surface area contributed by atoms with E-state index in [9.17, 15) is 13.6 Å². The van der Waals surface area contributed by atoms with Crippen LogP contribution in [0.3, 0.4) is 0 Å². The van der Waals surface area contributed by atoms with Gasteiger partial charge in [0.2, 0.25) is 0 Å². The van der Waals surface area contributed by atoms with E-state index in [4.69, 9.17) is 10.00 Å². The second kappa shape index (κ2) is 8.67. The van der Waals surface area contributed by atoms with Crippen LogP contribution in [0.2, 0.25) is 0 Å². The normalized spacial score (nSPS) is 14.4. The number of anilines is 1. The molecular formula is C20H20F2N4O2. The predicted octanol–water partition coefficient (Wildman–Crippen LogP) is 3.19. The van der Waals surface area contributed by atoms with Crippen LogP contribution in [0.4, 0.5) is 19.3 Å². The Morgan fingerprint density at radius 3 is 2.57 bits per heavy atom. The molecule has 28 heavy (non-hydrogen) atoms. The lowest BCUT2D eigenvalue weighted by Crippen LogP contribution is -2.49. The molecule has 8 heteroatoms. The fourth-order valence-electron chi connectivity index (χ4n) is 3.09. The van der Waals surface area contributed by atoms with Crippen LogP contribution >= 0.6 is 0 Å². The van der Waals surface area contributed by atoms with E-state index in [0.29, 0.717) is 32.7 Å². The van der Waals surface area contributed by atoms with Crippen molar-refractivity contribution in [3.63, 3.8) is 0 Å². The van der Waals surface area contributed by atoms with Crippen LogP contribution < -0.4 is 10.1 Å². The van der Waals surface area contributed by atoms with E-state index in [-0.39, 0.29) is 23.0 Å². The Hall–Kier alpha value is -3.18. The number of nitriles is 1. The minimum atomic E-state index is -0.530. The molecular weight excluding hydrogens is 366 g/mol. The van der Waals surface area contributed by atoms with E-state index < -0.39 is 11.6 Å². The highest BCUT2D eigenvalue weighted by atomic mass is 19.1. The molecule has 1 aliphatic rings. The van der Waals surface area contributed by atoms with Gasteiger partial charge in [-0.05, 0) is 35.9 Å². The van der Waals surface area contributed by atoms with Crippen molar-refractivity contribution in [2.24, 2.45) is 0 Å². The first kappa shape index (κ1) is 19.6. The van der Waals surface area contributed by atoms with Crippen molar-refractivity contribution in [3.8, 4) is 11.8 Å². The largest absolute Gasteiger partial charge is 0.494 e. The van der Waals surface area contributed by atoms with Gasteiger partial charge in [0.05, 0.1) is 18.4 Å². The number of halogens is 2. The van der Waals surface area contributed by atoms with Gasteiger partial charge in [-0.3, -0.25) is 4.90 Å². The summed E-state index contributed by atoms with van der Waals surface area (Å²) < 4.78 is 31.9. The van der Waals surface area contributed by atoms with E-state index in [1.54, 1.807) is 11.0 Å². The number of nitrogens with one attached hydrogen (secondary N) is 1. The average molecular weight is 386 g/mol. The molecule has 0 atom stereocenters. The number of hydrogen-bond donors (Lipinski definition) is 1. The fourth-order valence-corrected chi connectivity index (χ4v) is 3.09. The number of benzene rings is 2. The van der Waals surface area contributed by atoms with Crippen molar-refractivity contribution in [1.29, 1.82) is 5.26 Å². The third kappa shape index (κ3) is 4.56. The smallest absolute Gasteiger partial charge is 0.321 e. The molecule has 6 nitrogen and oxygen atoms in total. The summed E-state index contributed by atoms with van der Waals surface area (Å²) in [5, 5.41) is 11.7. The summed E-state index contributed by atoms with van der Waals surface area (Å²) in [5.41, 5.74) is 1.19. The van der Waals surface area contributed by atoms with Gasteiger partial charge in [0.25, 0.3) is 0 Å². The van der Waals surface area contributed by atoms with Crippen molar-refractivity contribution in [2.75, 3.05) is 38.6 Å². The topological polar surface area (TPSA) is 68.6 Å². The number of methoxy groups -OCH3 is 1. The van der Waals surface area contributed by atoms with E-state index in [1.807, 2.05) is 12.1 Å². The molecule has 0 aliphatic carbocycles. The van der Waals surface area contributed by atoms with E-state index in [1.165, 1.54) is 25.3 Å². The molecule has 0 aromatic heterocycles. The van der Waals surface area contributed by atoms with Crippen LogP contribution in [0, 0.1) is 23.0 Å². The fraction of sp³-hybridized carbons (Fsp3) is 0.300. The standard InChI is InChI=1S/C20H20F2N4O2/c1-28-19-5-2-14(10-17(19)22)13-25-6-8-26(9-7-25)20(27)24-18-4-3-16(21)11-15(18)12-23/h2-5,10-11H,6-9,13H2,1H3,(H,24,27). The number of rotatable bonds is 4. The maximum Gasteiger partial charge on any atom is 0.321 e. The molecule has 146 valence electrons. The first-order valence-corrected chi connectivity index (χ1v) is 8.80. The zero-order chi connectivity index (χ0) is 20.1. The number of carbonyl (C=O) groups is 1. The summed E-state index contributed by atoms with van der Waals surface area (Å²) >= 11 is 0. The zero-order valence-electron chi connectivity index (χ0n) is 15.4. The summed E-state index contributed by atoms with van der Waals surface area (Å²) in [7, 11) is 1.42. The molecule has 1 N–H and O–H groups in total. The van der Waals surface area contributed by atoms with Gasteiger partial charge in [-0.2, -0.15) is 5.26 Å². The van der Waals surface area contributed by atoms with Gasteiger partial charge < -0.3 is 15.0 Å². The van der Waals surface area contributed by atoms with Gasteiger partial charge in [0.15, 0.2) is 11.6 Å². The third-order valence-corrected chi connectivity index (χ3v) is 4.63. The Kier molecular flexibility index (Phi) is 6.06. The summed E-state index contributed by atoms with van der Waals surface area (Å²) in [6.07, 6.45) is 0. The third-order valence-electron chi connectivity index (χ3n) is 4.63. The summed E-state index contributed by atoms with van der Waals surface area (Å²) in [5.74, 6) is -0.716. The van der Waals surface area contributed by atoms with Crippen LogP contribution in [0.1, 0.15) is 11.1 Å². The summed E-state index contributed by atoms with van der Waals surface area (Å²) in [6, 6.07) is 10.1. The Morgan fingerprint density at radius 2 is 1.93 bits per heavy atom. The Balaban J connectivity index is 1.54. The molecule has 0 bridgehead atoms. The number of amides is 2. The number of ether oxygens (including phenoxy) is 1. The van der Waals surface area contributed by atoms with Crippen molar-refractivity contribution in [1.82, 2.24) is 9.80 Å². The molecule has 1 aliphatic heterocycles. The molecule has 1 saturated heterocycles. The van der Waals surface area contributed by atoms with Crippen LogP contribution in [0.15, 0.2) is 36.4 Å². The van der Waals surface area contributed by atoms with Crippen molar-refractivity contribution in [2.45, 2.75) is 6.54 Å². The lowest BCUT2D eigenvalue weighted by Gasteiger charge is -2.34. The summed E-state index contributed by atoms with van der Waals surface area (Å²) in [4.78, 5) is 16.2. The molecule has 0 radical (unpaired) electrons. The number of urea groups is 1. The molecule has 2 amide bonds. The minimum Gasteiger partial charge on any atom is -0.494 e. The van der Waals surface area contributed by atoms with Gasteiger partial charge >= 0.3 is 6.03 Å². The molecule has 0 spiro atoms. The zero-order valence-corrected chi connectivity index (χ0v) is 15.4.